The Hall–Kier alpha value is -2.82. The van der Waals surface area contributed by atoms with E-state index in [0.29, 0.717) is 25.1 Å². The monoisotopic (exact) mass is 394 g/mol. The number of aromatic hydroxyl groups is 1. The molecule has 0 unspecified atom stereocenters. The molecule has 5 nitrogen and oxygen atoms in total. The van der Waals surface area contributed by atoms with Gasteiger partial charge in [0.1, 0.15) is 5.75 Å². The number of phenolic OH excluding ortho intramolecular Hbond substituents is 1. The minimum absolute atomic E-state index is 0.0650. The second kappa shape index (κ2) is 8.27. The SMILES string of the molecule is CC(C)(C)c1ccc(C2(C(=O)NCCCNC(=O)c3cccc(O)c3)CC2)cc1. The predicted octanol–water partition coefficient (Wildman–Crippen LogP) is 3.66. The topological polar surface area (TPSA) is 78.4 Å². The van der Waals surface area contributed by atoms with Crippen LogP contribution in [0.5, 0.6) is 5.75 Å². The van der Waals surface area contributed by atoms with E-state index >= 15 is 0 Å². The Morgan fingerprint density at radius 1 is 1.00 bits per heavy atom. The van der Waals surface area contributed by atoms with Gasteiger partial charge in [0.05, 0.1) is 5.41 Å². The number of nitrogens with one attached hydrogen (secondary N) is 2. The number of carbonyl (C=O) groups is 2. The highest BCUT2D eigenvalue weighted by Gasteiger charge is 2.51. The molecule has 1 aliphatic rings. The van der Waals surface area contributed by atoms with Crippen LogP contribution < -0.4 is 10.6 Å². The molecule has 1 fully saturated rings. The fraction of sp³-hybridized carbons (Fsp3) is 0.417. The summed E-state index contributed by atoms with van der Waals surface area (Å²) in [6, 6.07) is 14.7. The van der Waals surface area contributed by atoms with Gasteiger partial charge >= 0.3 is 0 Å². The van der Waals surface area contributed by atoms with Crippen molar-refractivity contribution in [3.63, 3.8) is 0 Å². The summed E-state index contributed by atoms with van der Waals surface area (Å²) in [4.78, 5) is 24.8. The van der Waals surface area contributed by atoms with Crippen LogP contribution in [0.3, 0.4) is 0 Å². The normalized spacial score (nSPS) is 14.9. The van der Waals surface area contributed by atoms with Crippen LogP contribution >= 0.6 is 0 Å². The van der Waals surface area contributed by atoms with Crippen molar-refractivity contribution in [3.05, 3.63) is 65.2 Å². The molecule has 0 aliphatic heterocycles. The first kappa shape index (κ1) is 20.9. The third-order valence-corrected chi connectivity index (χ3v) is 5.52. The van der Waals surface area contributed by atoms with Crippen molar-refractivity contribution < 1.29 is 14.7 Å². The van der Waals surface area contributed by atoms with Gasteiger partial charge in [-0.3, -0.25) is 9.59 Å². The van der Waals surface area contributed by atoms with Crippen molar-refractivity contribution in [2.45, 2.75) is 50.9 Å². The molecular formula is C24H30N2O3. The van der Waals surface area contributed by atoms with Gasteiger partial charge in [-0.15, -0.1) is 0 Å². The van der Waals surface area contributed by atoms with Gasteiger partial charge < -0.3 is 15.7 Å². The first-order chi connectivity index (χ1) is 13.7. The largest absolute Gasteiger partial charge is 0.508 e. The summed E-state index contributed by atoms with van der Waals surface area (Å²) < 4.78 is 0. The van der Waals surface area contributed by atoms with Gasteiger partial charge in [0.25, 0.3) is 5.91 Å². The molecule has 0 atom stereocenters. The van der Waals surface area contributed by atoms with Gasteiger partial charge in [0.2, 0.25) is 5.91 Å². The number of phenols is 1. The van der Waals surface area contributed by atoms with Crippen LogP contribution in [0.1, 0.15) is 61.5 Å². The Kier molecular flexibility index (Phi) is 5.96. The molecule has 0 saturated heterocycles. The summed E-state index contributed by atoms with van der Waals surface area (Å²) in [6.45, 7) is 7.52. The molecule has 0 aromatic heterocycles. The summed E-state index contributed by atoms with van der Waals surface area (Å²) in [7, 11) is 0. The van der Waals surface area contributed by atoms with E-state index in [-0.39, 0.29) is 28.4 Å². The number of hydrogen-bond acceptors (Lipinski definition) is 3. The minimum atomic E-state index is -0.388. The molecule has 0 bridgehead atoms. The highest BCUT2D eigenvalue weighted by atomic mass is 16.3. The van der Waals surface area contributed by atoms with Crippen LogP contribution in [-0.4, -0.2) is 30.0 Å². The maximum atomic E-state index is 12.7. The van der Waals surface area contributed by atoms with E-state index in [0.717, 1.165) is 18.4 Å². The first-order valence-electron chi connectivity index (χ1n) is 10.2. The standard InChI is InChI=1S/C24H30N2O3/c1-23(2,3)18-8-10-19(11-9-18)24(12-13-24)22(29)26-15-5-14-25-21(28)17-6-4-7-20(27)16-17/h4,6-11,16,27H,5,12-15H2,1-3H3,(H,25,28)(H,26,29). The van der Waals surface area contributed by atoms with E-state index in [4.69, 9.17) is 0 Å². The van der Waals surface area contributed by atoms with Crippen molar-refractivity contribution in [2.75, 3.05) is 13.1 Å². The highest BCUT2D eigenvalue weighted by molar-refractivity contribution is 5.94. The molecule has 154 valence electrons. The van der Waals surface area contributed by atoms with E-state index in [9.17, 15) is 14.7 Å². The molecule has 2 aromatic rings. The van der Waals surface area contributed by atoms with Gasteiger partial charge in [-0.25, -0.2) is 0 Å². The number of rotatable bonds is 7. The van der Waals surface area contributed by atoms with Crippen molar-refractivity contribution in [1.29, 1.82) is 0 Å². The number of carbonyl (C=O) groups excluding carboxylic acids is 2. The van der Waals surface area contributed by atoms with Crippen LogP contribution in [0.25, 0.3) is 0 Å². The number of benzene rings is 2. The van der Waals surface area contributed by atoms with E-state index < -0.39 is 0 Å². The Morgan fingerprint density at radius 3 is 2.24 bits per heavy atom. The zero-order valence-corrected chi connectivity index (χ0v) is 17.4. The first-order valence-corrected chi connectivity index (χ1v) is 10.2. The lowest BCUT2D eigenvalue weighted by atomic mass is 9.85. The third-order valence-electron chi connectivity index (χ3n) is 5.52. The minimum Gasteiger partial charge on any atom is -0.508 e. The average molecular weight is 395 g/mol. The molecule has 1 saturated carbocycles. The Balaban J connectivity index is 1.45. The highest BCUT2D eigenvalue weighted by Crippen LogP contribution is 2.48. The van der Waals surface area contributed by atoms with Gasteiger partial charge in [0.15, 0.2) is 0 Å². The zero-order valence-electron chi connectivity index (χ0n) is 17.4. The summed E-state index contributed by atoms with van der Waals surface area (Å²) >= 11 is 0. The Bertz CT molecular complexity index is 878. The second-order valence-electron chi connectivity index (χ2n) is 8.83. The summed E-state index contributed by atoms with van der Waals surface area (Å²) in [6.07, 6.45) is 2.40. The molecule has 2 aromatic carbocycles. The lowest BCUT2D eigenvalue weighted by molar-refractivity contribution is -0.123. The smallest absolute Gasteiger partial charge is 0.251 e. The molecule has 5 heteroatoms. The summed E-state index contributed by atoms with van der Waals surface area (Å²) in [5.41, 5.74) is 2.48. The molecule has 3 rings (SSSR count). The van der Waals surface area contributed by atoms with Crippen LogP contribution in [0.4, 0.5) is 0 Å². The fourth-order valence-electron chi connectivity index (χ4n) is 3.47. The lowest BCUT2D eigenvalue weighted by Gasteiger charge is -2.21. The molecule has 3 N–H and O–H groups in total. The molecule has 1 aliphatic carbocycles. The molecule has 0 radical (unpaired) electrons. The maximum absolute atomic E-state index is 12.7. The van der Waals surface area contributed by atoms with Crippen LogP contribution in [0, 0.1) is 0 Å². The van der Waals surface area contributed by atoms with Crippen LogP contribution in [0.15, 0.2) is 48.5 Å². The molecule has 2 amide bonds. The molecule has 0 spiro atoms. The Morgan fingerprint density at radius 2 is 1.66 bits per heavy atom. The number of amides is 2. The molecular weight excluding hydrogens is 364 g/mol. The third kappa shape index (κ3) is 4.97. The summed E-state index contributed by atoms with van der Waals surface area (Å²) in [5.74, 6) is -0.0969. The molecule has 0 heterocycles. The quantitative estimate of drug-likeness (QED) is 0.627. The number of hydrogen-bond donors (Lipinski definition) is 3. The lowest BCUT2D eigenvalue weighted by Crippen LogP contribution is -2.36. The van der Waals surface area contributed by atoms with Crippen molar-refractivity contribution >= 4 is 11.8 Å². The predicted molar refractivity (Wildman–Crippen MR) is 114 cm³/mol. The second-order valence-corrected chi connectivity index (χ2v) is 8.83. The van der Waals surface area contributed by atoms with Crippen molar-refractivity contribution in [2.24, 2.45) is 0 Å². The van der Waals surface area contributed by atoms with Crippen molar-refractivity contribution in [1.82, 2.24) is 10.6 Å². The summed E-state index contributed by atoms with van der Waals surface area (Å²) in [5, 5.41) is 15.3. The van der Waals surface area contributed by atoms with Crippen LogP contribution in [-0.2, 0) is 15.6 Å². The van der Waals surface area contributed by atoms with E-state index in [2.05, 4.69) is 55.7 Å². The van der Waals surface area contributed by atoms with Gasteiger partial charge in [0, 0.05) is 18.7 Å². The van der Waals surface area contributed by atoms with Crippen molar-refractivity contribution in [3.8, 4) is 5.75 Å². The van der Waals surface area contributed by atoms with E-state index in [1.54, 1.807) is 12.1 Å². The molecule has 29 heavy (non-hydrogen) atoms. The zero-order chi connectivity index (χ0) is 21.1. The average Bonchev–Trinajstić information content (AvgIpc) is 3.49. The van der Waals surface area contributed by atoms with E-state index in [1.807, 2.05) is 0 Å². The van der Waals surface area contributed by atoms with Gasteiger partial charge in [-0.05, 0) is 54.0 Å². The van der Waals surface area contributed by atoms with Gasteiger partial charge in [-0.1, -0.05) is 51.1 Å². The van der Waals surface area contributed by atoms with Crippen LogP contribution in [0.2, 0.25) is 0 Å². The maximum Gasteiger partial charge on any atom is 0.251 e. The fourth-order valence-corrected chi connectivity index (χ4v) is 3.47. The Labute approximate surface area is 172 Å². The van der Waals surface area contributed by atoms with Gasteiger partial charge in [-0.2, -0.15) is 0 Å². The van der Waals surface area contributed by atoms with E-state index in [1.165, 1.54) is 17.7 Å².